The van der Waals surface area contributed by atoms with E-state index < -0.39 is 58.8 Å². The summed E-state index contributed by atoms with van der Waals surface area (Å²) in [5.41, 5.74) is 2.96. The number of Topliss-reactive ketones (excluding diaryl/α,β-unsaturated/α-hetero) is 2. The van der Waals surface area contributed by atoms with Crippen LogP contribution in [0.3, 0.4) is 0 Å². The van der Waals surface area contributed by atoms with Gasteiger partial charge in [0.05, 0.1) is 0 Å². The van der Waals surface area contributed by atoms with Crippen molar-refractivity contribution in [1.29, 1.82) is 0 Å². The summed E-state index contributed by atoms with van der Waals surface area (Å²) >= 11 is 0. The smallest absolute Gasteiger partial charge is 0.415 e. The van der Waals surface area contributed by atoms with E-state index in [2.05, 4.69) is 0 Å². The molecule has 2 fully saturated rings. The van der Waals surface area contributed by atoms with E-state index in [-0.39, 0.29) is 36.5 Å². The Kier molecular flexibility index (Phi) is 17.8. The number of para-hydroxylation sites is 2. The Morgan fingerprint density at radius 2 is 0.795 bits per heavy atom. The maximum absolute atomic E-state index is 13.5. The summed E-state index contributed by atoms with van der Waals surface area (Å²) in [5.74, 6) is -2.93. The van der Waals surface area contributed by atoms with E-state index in [4.69, 9.17) is 18.9 Å². The van der Waals surface area contributed by atoms with Crippen LogP contribution in [0.1, 0.15) is 81.8 Å². The minimum Gasteiger partial charge on any atom is -0.478 e. The van der Waals surface area contributed by atoms with Crippen molar-refractivity contribution >= 4 is 35.7 Å². The second kappa shape index (κ2) is 24.3. The lowest BCUT2D eigenvalue weighted by molar-refractivity contribution is -0.152. The summed E-state index contributed by atoms with van der Waals surface area (Å²) in [6, 6.07) is 36.0. The van der Waals surface area contributed by atoms with Crippen molar-refractivity contribution < 1.29 is 66.7 Å². The number of hydrogen-bond donors (Lipinski definition) is 2. The fraction of sp³-hybridized carbons (Fsp3) is 0.323. The molecule has 6 aromatic rings. The Labute approximate surface area is 452 Å². The first-order valence-corrected chi connectivity index (χ1v) is 25.6. The van der Waals surface area contributed by atoms with Gasteiger partial charge in [-0.25, -0.2) is 28.0 Å². The molecular formula is C62H64F2N2O12. The maximum Gasteiger partial charge on any atom is 0.415 e. The molecule has 0 bridgehead atoms. The molecule has 6 aromatic carbocycles. The second-order valence-corrected chi connectivity index (χ2v) is 21.0. The lowest BCUT2D eigenvalue weighted by Crippen LogP contribution is -2.38. The molecular weight excluding hydrogens is 1000 g/mol. The van der Waals surface area contributed by atoms with Gasteiger partial charge >= 0.3 is 24.1 Å². The van der Waals surface area contributed by atoms with Gasteiger partial charge in [0.25, 0.3) is 0 Å². The molecule has 0 spiro atoms. The van der Waals surface area contributed by atoms with Crippen molar-refractivity contribution in [3.63, 3.8) is 0 Å². The van der Waals surface area contributed by atoms with E-state index in [0.29, 0.717) is 60.1 Å². The van der Waals surface area contributed by atoms with Gasteiger partial charge in [-0.15, -0.1) is 0 Å². The minimum atomic E-state index is -1.39. The molecule has 8 rings (SSSR count). The van der Waals surface area contributed by atoms with Crippen molar-refractivity contribution in [1.82, 2.24) is 9.80 Å². The molecule has 14 nitrogen and oxygen atoms in total. The summed E-state index contributed by atoms with van der Waals surface area (Å²) in [4.78, 5) is 79.2. The number of carboxylic acids is 2. The first-order chi connectivity index (χ1) is 36.9. The van der Waals surface area contributed by atoms with Gasteiger partial charge in [0.2, 0.25) is 0 Å². The summed E-state index contributed by atoms with van der Waals surface area (Å²) in [5, 5.41) is 18.9. The number of ether oxygens (including phenoxy) is 4. The molecule has 78 heavy (non-hydrogen) atoms. The number of carbonyl (C=O) groups is 6. The topological polar surface area (TPSA) is 186 Å². The quantitative estimate of drug-likeness (QED) is 0.0875. The monoisotopic (exact) mass is 1070 g/mol. The molecule has 16 heteroatoms. The van der Waals surface area contributed by atoms with Crippen LogP contribution in [0.5, 0.6) is 23.0 Å². The van der Waals surface area contributed by atoms with Crippen LogP contribution < -0.4 is 18.9 Å². The van der Waals surface area contributed by atoms with Gasteiger partial charge in [0.1, 0.15) is 34.6 Å². The highest BCUT2D eigenvalue weighted by atomic mass is 19.1. The number of carboxylic acid groups (broad SMARTS) is 2. The number of hydrogen-bond acceptors (Lipinski definition) is 10. The zero-order valence-electron chi connectivity index (χ0n) is 44.9. The van der Waals surface area contributed by atoms with E-state index in [1.54, 1.807) is 48.5 Å². The first kappa shape index (κ1) is 57.3. The molecule has 2 amide bonds. The van der Waals surface area contributed by atoms with Gasteiger partial charge in [-0.1, -0.05) is 60.7 Å². The summed E-state index contributed by atoms with van der Waals surface area (Å²) in [7, 11) is 0. The number of rotatable bonds is 16. The highest BCUT2D eigenvalue weighted by Crippen LogP contribution is 2.37. The number of carbonyl (C=O) groups excluding carboxylic acids is 4. The van der Waals surface area contributed by atoms with E-state index in [1.165, 1.54) is 86.0 Å². The molecule has 2 aliphatic heterocycles. The van der Waals surface area contributed by atoms with Crippen LogP contribution in [-0.4, -0.2) is 93.1 Å². The van der Waals surface area contributed by atoms with E-state index in [0.717, 1.165) is 33.4 Å². The SMILES string of the molecule is Cc1cc(C[C@@H]2CN(C(=O)Oc3ccccc3)C[C@H]2C(=O)c2ccc(F)cc2)cc(C)c1OC(C)(C)C(=O)O.Cc1cc(C[C@H]2CN(C(=O)Oc3ccccc3)C[C@@H]2C(=O)c2ccc(F)cc2)cc(C)c1OC(C)(C)C(=O)O. The van der Waals surface area contributed by atoms with Gasteiger partial charge in [0.15, 0.2) is 22.8 Å². The van der Waals surface area contributed by atoms with Crippen LogP contribution in [0.15, 0.2) is 133 Å². The van der Waals surface area contributed by atoms with Crippen molar-refractivity contribution in [3.8, 4) is 23.0 Å². The molecule has 0 saturated carbocycles. The third-order valence-corrected chi connectivity index (χ3v) is 14.0. The number of amides is 2. The zero-order valence-corrected chi connectivity index (χ0v) is 44.9. The first-order valence-electron chi connectivity index (χ1n) is 25.6. The van der Waals surface area contributed by atoms with E-state index in [1.807, 2.05) is 64.1 Å². The van der Waals surface area contributed by atoms with Crippen molar-refractivity contribution in [3.05, 3.63) is 190 Å². The van der Waals surface area contributed by atoms with Crippen LogP contribution in [0.2, 0.25) is 0 Å². The highest BCUT2D eigenvalue weighted by Gasteiger charge is 2.43. The largest absolute Gasteiger partial charge is 0.478 e. The van der Waals surface area contributed by atoms with Crippen LogP contribution in [0.4, 0.5) is 18.4 Å². The molecule has 4 atom stereocenters. The summed E-state index contributed by atoms with van der Waals surface area (Å²) in [6.07, 6.45) is -0.0752. The molecule has 2 saturated heterocycles. The number of ketones is 2. The van der Waals surface area contributed by atoms with Gasteiger partial charge in [-0.3, -0.25) is 9.59 Å². The average Bonchev–Trinajstić information content (AvgIpc) is 4.10. The van der Waals surface area contributed by atoms with Gasteiger partial charge in [-0.05, 0) is 186 Å². The van der Waals surface area contributed by atoms with Crippen molar-refractivity contribution in [2.45, 2.75) is 79.4 Å². The molecule has 2 heterocycles. The Morgan fingerprint density at radius 3 is 1.09 bits per heavy atom. The number of aryl methyl sites for hydroxylation is 4. The predicted octanol–water partition coefficient (Wildman–Crippen LogP) is 11.7. The summed E-state index contributed by atoms with van der Waals surface area (Å²) < 4.78 is 49.7. The molecule has 2 N–H and O–H groups in total. The number of halogens is 2. The molecule has 408 valence electrons. The third kappa shape index (κ3) is 14.1. The molecule has 0 aliphatic carbocycles. The Morgan fingerprint density at radius 1 is 0.487 bits per heavy atom. The van der Waals surface area contributed by atoms with Crippen LogP contribution >= 0.6 is 0 Å². The fourth-order valence-electron chi connectivity index (χ4n) is 9.85. The zero-order chi connectivity index (χ0) is 56.6. The Balaban J connectivity index is 0.000000226. The number of aliphatic carboxylic acids is 2. The normalized spacial score (nSPS) is 17.1. The number of nitrogens with zero attached hydrogens (tertiary/aromatic N) is 2. The molecule has 0 aromatic heterocycles. The Bertz CT molecular complexity index is 2910. The minimum absolute atomic E-state index is 0.161. The summed E-state index contributed by atoms with van der Waals surface area (Å²) in [6.45, 7) is 14.4. The fourth-order valence-corrected chi connectivity index (χ4v) is 9.85. The third-order valence-electron chi connectivity index (χ3n) is 14.0. The number of benzene rings is 6. The van der Waals surface area contributed by atoms with Gasteiger partial charge in [0, 0.05) is 49.1 Å². The van der Waals surface area contributed by atoms with Gasteiger partial charge in [-0.2, -0.15) is 0 Å². The lowest BCUT2D eigenvalue weighted by atomic mass is 9.84. The van der Waals surface area contributed by atoms with Gasteiger partial charge < -0.3 is 39.0 Å². The predicted molar refractivity (Wildman–Crippen MR) is 287 cm³/mol. The highest BCUT2D eigenvalue weighted by molar-refractivity contribution is 5.99. The van der Waals surface area contributed by atoms with Crippen molar-refractivity contribution in [2.24, 2.45) is 23.7 Å². The lowest BCUT2D eigenvalue weighted by Gasteiger charge is -2.25. The molecule has 2 aliphatic rings. The Hall–Kier alpha value is -8.40. The van der Waals surface area contributed by atoms with Crippen LogP contribution in [0.25, 0.3) is 0 Å². The van der Waals surface area contributed by atoms with E-state index >= 15 is 0 Å². The molecule has 0 radical (unpaired) electrons. The van der Waals surface area contributed by atoms with E-state index in [9.17, 15) is 47.8 Å². The van der Waals surface area contributed by atoms with Crippen LogP contribution in [-0.2, 0) is 22.4 Å². The van der Waals surface area contributed by atoms with Crippen LogP contribution in [0, 0.1) is 63.0 Å². The van der Waals surface area contributed by atoms with Crippen molar-refractivity contribution in [2.75, 3.05) is 26.2 Å². The average molecular weight is 1070 g/mol. The second-order valence-electron chi connectivity index (χ2n) is 21.0. The molecule has 0 unspecified atom stereocenters. The number of likely N-dealkylation sites (tertiary alicyclic amines) is 2. The maximum atomic E-state index is 13.5. The standard InChI is InChI=1S/2C31H32FNO6/c2*1-19-14-21(15-20(2)28(19)39-31(3,4)29(35)36)16-23-17-33(30(37)38-25-8-6-5-7-9-25)18-26(23)27(34)22-10-12-24(32)13-11-22/h2*5-15,23,26H,16-18H2,1-4H3,(H,35,36)/t2*23-,26-/m10/s1.